The van der Waals surface area contributed by atoms with E-state index in [1.807, 2.05) is 40.6 Å². The van der Waals surface area contributed by atoms with Gasteiger partial charge in [0.15, 0.2) is 5.82 Å². The fraction of sp³-hybridized carbons (Fsp3) is 0.182. The molecule has 0 unspecified atom stereocenters. The van der Waals surface area contributed by atoms with Crippen molar-refractivity contribution in [2.45, 2.75) is 0 Å². The second kappa shape index (κ2) is 8.83. The van der Waals surface area contributed by atoms with E-state index in [2.05, 4.69) is 19.2 Å². The third-order valence-electron chi connectivity index (χ3n) is 5.00. The van der Waals surface area contributed by atoms with Gasteiger partial charge in [-0.15, -0.1) is 0 Å². The highest BCUT2D eigenvalue weighted by molar-refractivity contribution is 7.11. The number of thiazole rings is 1. The van der Waals surface area contributed by atoms with Crippen LogP contribution < -0.4 is 9.64 Å². The van der Waals surface area contributed by atoms with E-state index < -0.39 is 0 Å². The molecule has 0 spiro atoms. The summed E-state index contributed by atoms with van der Waals surface area (Å²) in [7, 11) is 0. The fourth-order valence-corrected chi connectivity index (χ4v) is 4.60. The minimum Gasteiger partial charge on any atom is -0.431 e. The Morgan fingerprint density at radius 1 is 0.968 bits per heavy atom. The van der Waals surface area contributed by atoms with E-state index in [9.17, 15) is 4.79 Å². The fourth-order valence-electron chi connectivity index (χ4n) is 3.36. The maximum absolute atomic E-state index is 12.9. The zero-order valence-corrected chi connectivity index (χ0v) is 18.2. The van der Waals surface area contributed by atoms with Crippen LogP contribution in [0.1, 0.15) is 10.4 Å². The third kappa shape index (κ3) is 4.42. The quantitative estimate of drug-likeness (QED) is 0.449. The number of anilines is 1. The van der Waals surface area contributed by atoms with Crippen molar-refractivity contribution in [2.24, 2.45) is 0 Å². The van der Waals surface area contributed by atoms with Crippen LogP contribution in [0.15, 0.2) is 66.2 Å². The molecule has 1 fully saturated rings. The summed E-state index contributed by atoms with van der Waals surface area (Å²) in [5.74, 6) is 1.45. The van der Waals surface area contributed by atoms with Gasteiger partial charge >= 0.3 is 0 Å². The van der Waals surface area contributed by atoms with Crippen LogP contribution in [0.25, 0.3) is 11.4 Å². The molecular weight excluding hydrogens is 430 g/mol. The molecule has 0 saturated carbocycles. The summed E-state index contributed by atoms with van der Waals surface area (Å²) in [6.07, 6.45) is 1.70. The van der Waals surface area contributed by atoms with Gasteiger partial charge in [0.05, 0.1) is 0 Å². The molecule has 0 atom stereocenters. The minimum atomic E-state index is 0.0303. The van der Waals surface area contributed by atoms with Gasteiger partial charge in [-0.05, 0) is 24.3 Å². The Morgan fingerprint density at radius 2 is 1.74 bits per heavy atom. The first-order chi connectivity index (χ1) is 15.3. The average molecular weight is 450 g/mol. The van der Waals surface area contributed by atoms with Gasteiger partial charge in [0.25, 0.3) is 11.1 Å². The molecule has 0 aliphatic carbocycles. The van der Waals surface area contributed by atoms with Crippen LogP contribution in [-0.2, 0) is 0 Å². The van der Waals surface area contributed by atoms with Crippen LogP contribution in [0.3, 0.4) is 0 Å². The van der Waals surface area contributed by atoms with Crippen LogP contribution in [0.4, 0.5) is 5.13 Å². The molecule has 1 amide bonds. The number of carbonyl (C=O) groups is 1. The molecule has 7 nitrogen and oxygen atoms in total. The number of amides is 1. The predicted molar refractivity (Wildman–Crippen MR) is 122 cm³/mol. The molecule has 0 N–H and O–H groups in total. The molecular formula is C22H19N5O2S2. The van der Waals surface area contributed by atoms with Gasteiger partial charge in [0, 0.05) is 60.4 Å². The lowest BCUT2D eigenvalue weighted by Gasteiger charge is -2.34. The highest BCUT2D eigenvalue weighted by atomic mass is 32.1. The van der Waals surface area contributed by atoms with Crippen molar-refractivity contribution in [3.63, 3.8) is 0 Å². The van der Waals surface area contributed by atoms with Gasteiger partial charge in [-0.3, -0.25) is 4.79 Å². The number of hydrogen-bond acceptors (Lipinski definition) is 8. The summed E-state index contributed by atoms with van der Waals surface area (Å²) in [5.41, 5.74) is 1.67. The largest absolute Gasteiger partial charge is 0.431 e. The van der Waals surface area contributed by atoms with Gasteiger partial charge in [0.1, 0.15) is 5.75 Å². The van der Waals surface area contributed by atoms with Crippen LogP contribution in [0, 0.1) is 0 Å². The summed E-state index contributed by atoms with van der Waals surface area (Å²) in [6.45, 7) is 2.77. The summed E-state index contributed by atoms with van der Waals surface area (Å²) in [4.78, 5) is 25.8. The summed E-state index contributed by atoms with van der Waals surface area (Å²) < 4.78 is 10.2. The molecule has 2 aromatic carbocycles. The van der Waals surface area contributed by atoms with Gasteiger partial charge in [-0.25, -0.2) is 4.98 Å². The summed E-state index contributed by atoms with van der Waals surface area (Å²) in [5, 5.41) is 3.34. The maximum Gasteiger partial charge on any atom is 0.278 e. The van der Waals surface area contributed by atoms with Crippen LogP contribution >= 0.6 is 22.9 Å². The Labute approximate surface area is 187 Å². The molecule has 1 aliphatic heterocycles. The molecule has 1 aliphatic rings. The Morgan fingerprint density at radius 3 is 2.45 bits per heavy atom. The van der Waals surface area contributed by atoms with Crippen molar-refractivity contribution < 1.29 is 9.53 Å². The van der Waals surface area contributed by atoms with Gasteiger partial charge in [0.2, 0.25) is 5.13 Å². The predicted octanol–water partition coefficient (Wildman–Crippen LogP) is 4.42. The Hall–Kier alpha value is -3.30. The highest BCUT2D eigenvalue weighted by Gasteiger charge is 2.24. The average Bonchev–Trinajstić information content (AvgIpc) is 3.52. The standard InChI is InChI=1S/C22H19N5O2S2/c28-20(17-6-8-18(9-7-17)29-22-23-10-15-30-22)26-11-13-27(14-12-26)21-24-19(25-31-21)16-4-2-1-3-5-16/h1-10,15H,11-14H2. The highest BCUT2D eigenvalue weighted by Crippen LogP contribution is 2.26. The first-order valence-corrected chi connectivity index (χ1v) is 11.5. The molecule has 9 heteroatoms. The van der Waals surface area contributed by atoms with Crippen LogP contribution in [0.5, 0.6) is 10.9 Å². The maximum atomic E-state index is 12.9. The molecule has 0 radical (unpaired) electrons. The Kier molecular flexibility index (Phi) is 5.59. The van der Waals surface area contributed by atoms with Crippen molar-refractivity contribution in [3.05, 3.63) is 71.7 Å². The van der Waals surface area contributed by atoms with E-state index in [1.54, 1.807) is 30.5 Å². The van der Waals surface area contributed by atoms with Crippen molar-refractivity contribution in [1.82, 2.24) is 19.2 Å². The molecule has 31 heavy (non-hydrogen) atoms. The first kappa shape index (κ1) is 19.7. The Bertz CT molecular complexity index is 1140. The summed E-state index contributed by atoms with van der Waals surface area (Å²) >= 11 is 2.83. The van der Waals surface area contributed by atoms with Crippen molar-refractivity contribution in [2.75, 3.05) is 31.1 Å². The second-order valence-corrected chi connectivity index (χ2v) is 8.56. The number of benzene rings is 2. The third-order valence-corrected chi connectivity index (χ3v) is 6.43. The van der Waals surface area contributed by atoms with Gasteiger partial charge < -0.3 is 14.5 Å². The first-order valence-electron chi connectivity index (χ1n) is 9.87. The lowest BCUT2D eigenvalue weighted by atomic mass is 10.1. The summed E-state index contributed by atoms with van der Waals surface area (Å²) in [6, 6.07) is 17.2. The van der Waals surface area contributed by atoms with Crippen LogP contribution in [0.2, 0.25) is 0 Å². The van der Waals surface area contributed by atoms with E-state index in [0.717, 1.165) is 29.6 Å². The molecule has 156 valence electrons. The molecule has 4 aromatic rings. The van der Waals surface area contributed by atoms with E-state index in [1.165, 1.54) is 22.9 Å². The van der Waals surface area contributed by atoms with Gasteiger partial charge in [-0.1, -0.05) is 41.7 Å². The van der Waals surface area contributed by atoms with E-state index in [-0.39, 0.29) is 5.91 Å². The molecule has 0 bridgehead atoms. The lowest BCUT2D eigenvalue weighted by molar-refractivity contribution is 0.0747. The van der Waals surface area contributed by atoms with Crippen molar-refractivity contribution in [3.8, 4) is 22.3 Å². The smallest absolute Gasteiger partial charge is 0.278 e. The number of hydrogen-bond donors (Lipinski definition) is 0. The minimum absolute atomic E-state index is 0.0303. The Balaban J connectivity index is 1.18. The normalized spacial score (nSPS) is 13.9. The number of ether oxygens (including phenoxy) is 1. The topological polar surface area (TPSA) is 71.5 Å². The molecule has 3 heterocycles. The van der Waals surface area contributed by atoms with Crippen molar-refractivity contribution in [1.29, 1.82) is 0 Å². The molecule has 2 aromatic heterocycles. The monoisotopic (exact) mass is 449 g/mol. The SMILES string of the molecule is O=C(c1ccc(Oc2nccs2)cc1)N1CCN(c2nc(-c3ccccc3)ns2)CC1. The van der Waals surface area contributed by atoms with Gasteiger partial charge in [-0.2, -0.15) is 9.36 Å². The van der Waals surface area contributed by atoms with Crippen molar-refractivity contribution >= 4 is 33.9 Å². The number of piperazine rings is 1. The molecule has 1 saturated heterocycles. The van der Waals surface area contributed by atoms with Crippen LogP contribution in [-0.4, -0.2) is 51.3 Å². The number of nitrogens with zero attached hydrogens (tertiary/aromatic N) is 5. The number of carbonyl (C=O) groups excluding carboxylic acids is 1. The number of rotatable bonds is 5. The second-order valence-electron chi connectivity index (χ2n) is 6.97. The zero-order chi connectivity index (χ0) is 21.0. The van der Waals surface area contributed by atoms with E-state index in [0.29, 0.717) is 29.6 Å². The van der Waals surface area contributed by atoms with E-state index >= 15 is 0 Å². The van der Waals surface area contributed by atoms with E-state index in [4.69, 9.17) is 4.74 Å². The molecule has 5 rings (SSSR count). The zero-order valence-electron chi connectivity index (χ0n) is 16.5. The lowest BCUT2D eigenvalue weighted by Crippen LogP contribution is -2.48. The number of aromatic nitrogens is 3.